The summed E-state index contributed by atoms with van der Waals surface area (Å²) in [5, 5.41) is 0. The van der Waals surface area contributed by atoms with Crippen molar-refractivity contribution >= 4 is 11.7 Å². The molecule has 1 aliphatic carbocycles. The Balaban J connectivity index is 1.67. The van der Waals surface area contributed by atoms with Crippen molar-refractivity contribution < 1.29 is 19.1 Å². The number of ether oxygens (including phenoxy) is 2. The van der Waals surface area contributed by atoms with E-state index in [1.807, 2.05) is 49.3 Å². The number of rotatable bonds is 6. The second-order valence-electron chi connectivity index (χ2n) is 8.51. The van der Waals surface area contributed by atoms with E-state index in [1.165, 1.54) is 0 Å². The van der Waals surface area contributed by atoms with Gasteiger partial charge < -0.3 is 19.3 Å². The summed E-state index contributed by atoms with van der Waals surface area (Å²) in [7, 11) is 5.74. The minimum absolute atomic E-state index is 0.0862. The zero-order valence-corrected chi connectivity index (χ0v) is 17.5. The van der Waals surface area contributed by atoms with Crippen LogP contribution in [0.1, 0.15) is 37.3 Å². The van der Waals surface area contributed by atoms with Crippen molar-refractivity contribution in [2.45, 2.75) is 43.9 Å². The summed E-state index contributed by atoms with van der Waals surface area (Å²) in [4.78, 5) is 30.8. The lowest BCUT2D eigenvalue weighted by molar-refractivity contribution is -0.138. The van der Waals surface area contributed by atoms with E-state index < -0.39 is 0 Å². The Morgan fingerprint density at radius 3 is 2.62 bits per heavy atom. The van der Waals surface area contributed by atoms with Gasteiger partial charge in [0.1, 0.15) is 6.10 Å². The van der Waals surface area contributed by atoms with Gasteiger partial charge in [-0.3, -0.25) is 9.59 Å². The SMILES string of the molecule is COC1CCC2C(=O)C3=C(OC2C1)C(=O)N(CCCN(C)C)C3c1ccccc1. The Labute approximate surface area is 172 Å². The van der Waals surface area contributed by atoms with Gasteiger partial charge in [0.05, 0.1) is 23.6 Å². The molecular weight excluding hydrogens is 368 g/mol. The molecular formula is C23H30N2O4. The van der Waals surface area contributed by atoms with Crippen LogP contribution >= 0.6 is 0 Å². The van der Waals surface area contributed by atoms with Crippen LogP contribution in [0.15, 0.2) is 41.7 Å². The zero-order chi connectivity index (χ0) is 20.5. The molecule has 6 heteroatoms. The number of methoxy groups -OCH3 is 1. The number of hydrogen-bond donors (Lipinski definition) is 0. The van der Waals surface area contributed by atoms with Crippen LogP contribution in [-0.2, 0) is 19.1 Å². The molecule has 1 amide bonds. The molecule has 4 atom stereocenters. The largest absolute Gasteiger partial charge is 0.483 e. The second kappa shape index (κ2) is 8.28. The van der Waals surface area contributed by atoms with Gasteiger partial charge >= 0.3 is 0 Å². The van der Waals surface area contributed by atoms with E-state index in [9.17, 15) is 9.59 Å². The molecule has 0 bridgehead atoms. The Morgan fingerprint density at radius 2 is 1.93 bits per heavy atom. The lowest BCUT2D eigenvalue weighted by Gasteiger charge is -2.38. The topological polar surface area (TPSA) is 59.1 Å². The molecule has 0 radical (unpaired) electrons. The fourth-order valence-electron chi connectivity index (χ4n) is 4.86. The number of ketones is 1. The van der Waals surface area contributed by atoms with Crippen LogP contribution in [0.25, 0.3) is 0 Å². The molecule has 2 heterocycles. The first-order valence-electron chi connectivity index (χ1n) is 10.5. The van der Waals surface area contributed by atoms with Gasteiger partial charge in [0.2, 0.25) is 0 Å². The first kappa shape index (κ1) is 20.1. The van der Waals surface area contributed by atoms with Gasteiger partial charge in [-0.1, -0.05) is 30.3 Å². The highest BCUT2D eigenvalue weighted by Crippen LogP contribution is 2.46. The fourth-order valence-corrected chi connectivity index (χ4v) is 4.86. The molecule has 1 saturated carbocycles. The Kier molecular flexibility index (Phi) is 5.74. The third-order valence-electron chi connectivity index (χ3n) is 6.35. The number of fused-ring (bicyclic) bond motifs is 1. The van der Waals surface area contributed by atoms with Crippen LogP contribution in [0, 0.1) is 5.92 Å². The van der Waals surface area contributed by atoms with Crippen molar-refractivity contribution in [1.82, 2.24) is 9.80 Å². The van der Waals surface area contributed by atoms with Gasteiger partial charge in [-0.25, -0.2) is 0 Å². The zero-order valence-electron chi connectivity index (χ0n) is 17.5. The summed E-state index contributed by atoms with van der Waals surface area (Å²) in [5.74, 6) is 0.0228. The van der Waals surface area contributed by atoms with Crippen molar-refractivity contribution in [3.05, 3.63) is 47.2 Å². The minimum Gasteiger partial charge on any atom is -0.483 e. The maximum atomic E-state index is 13.5. The number of benzene rings is 1. The molecule has 4 unspecified atom stereocenters. The van der Waals surface area contributed by atoms with Gasteiger partial charge in [-0.05, 0) is 45.5 Å². The van der Waals surface area contributed by atoms with Crippen LogP contribution < -0.4 is 0 Å². The molecule has 1 aromatic carbocycles. The van der Waals surface area contributed by atoms with Crippen LogP contribution in [0.3, 0.4) is 0 Å². The monoisotopic (exact) mass is 398 g/mol. The molecule has 3 aliphatic rings. The van der Waals surface area contributed by atoms with E-state index in [4.69, 9.17) is 9.47 Å². The van der Waals surface area contributed by atoms with Gasteiger partial charge in [0.15, 0.2) is 11.5 Å². The smallest absolute Gasteiger partial charge is 0.290 e. The molecule has 0 N–H and O–H groups in total. The lowest BCUT2D eigenvalue weighted by Crippen LogP contribution is -2.43. The number of carbonyl (C=O) groups is 2. The first-order valence-corrected chi connectivity index (χ1v) is 10.5. The minimum atomic E-state index is -0.352. The maximum absolute atomic E-state index is 13.5. The first-order chi connectivity index (χ1) is 14.0. The molecule has 0 aromatic heterocycles. The summed E-state index contributed by atoms with van der Waals surface area (Å²) in [6.45, 7) is 1.47. The summed E-state index contributed by atoms with van der Waals surface area (Å²) in [5.41, 5.74) is 1.53. The van der Waals surface area contributed by atoms with E-state index in [1.54, 1.807) is 7.11 Å². The van der Waals surface area contributed by atoms with Crippen molar-refractivity contribution in [1.29, 1.82) is 0 Å². The highest BCUT2D eigenvalue weighted by molar-refractivity contribution is 6.11. The highest BCUT2D eigenvalue weighted by atomic mass is 16.5. The molecule has 6 nitrogen and oxygen atoms in total. The predicted molar refractivity (Wildman–Crippen MR) is 109 cm³/mol. The Hall–Kier alpha value is -2.18. The van der Waals surface area contributed by atoms with E-state index in [2.05, 4.69) is 4.90 Å². The van der Waals surface area contributed by atoms with Crippen LogP contribution in [0.2, 0.25) is 0 Å². The van der Waals surface area contributed by atoms with Crippen molar-refractivity contribution in [3.8, 4) is 0 Å². The number of amides is 1. The summed E-state index contributed by atoms with van der Waals surface area (Å²) in [6, 6.07) is 9.50. The molecule has 1 fully saturated rings. The Morgan fingerprint density at radius 1 is 1.17 bits per heavy atom. The lowest BCUT2D eigenvalue weighted by atomic mass is 9.76. The predicted octanol–water partition coefficient (Wildman–Crippen LogP) is 2.56. The van der Waals surface area contributed by atoms with Crippen molar-refractivity contribution in [2.75, 3.05) is 34.3 Å². The van der Waals surface area contributed by atoms with E-state index >= 15 is 0 Å². The van der Waals surface area contributed by atoms with E-state index in [0.717, 1.165) is 31.4 Å². The quantitative estimate of drug-likeness (QED) is 0.737. The average molecular weight is 399 g/mol. The second-order valence-corrected chi connectivity index (χ2v) is 8.51. The number of Topliss-reactive ketones (excluding diaryl/α,β-unsaturated/α-hetero) is 1. The van der Waals surface area contributed by atoms with Gasteiger partial charge in [0, 0.05) is 20.1 Å². The molecule has 0 saturated heterocycles. The number of carbonyl (C=O) groups excluding carboxylic acids is 2. The fraction of sp³-hybridized carbons (Fsp3) is 0.565. The van der Waals surface area contributed by atoms with Gasteiger partial charge in [0.25, 0.3) is 5.91 Å². The van der Waals surface area contributed by atoms with Gasteiger partial charge in [-0.2, -0.15) is 0 Å². The molecule has 2 aliphatic heterocycles. The van der Waals surface area contributed by atoms with Gasteiger partial charge in [-0.15, -0.1) is 0 Å². The van der Waals surface area contributed by atoms with Crippen LogP contribution in [0.5, 0.6) is 0 Å². The summed E-state index contributed by atoms with van der Waals surface area (Å²) < 4.78 is 11.7. The molecule has 156 valence electrons. The normalized spacial score (nSPS) is 29.2. The number of nitrogens with zero attached hydrogens (tertiary/aromatic N) is 2. The Bertz CT molecular complexity index is 804. The summed E-state index contributed by atoms with van der Waals surface area (Å²) >= 11 is 0. The molecule has 1 aromatic rings. The van der Waals surface area contributed by atoms with E-state index in [0.29, 0.717) is 18.5 Å². The van der Waals surface area contributed by atoms with Crippen molar-refractivity contribution in [3.63, 3.8) is 0 Å². The molecule has 29 heavy (non-hydrogen) atoms. The van der Waals surface area contributed by atoms with Crippen LogP contribution in [0.4, 0.5) is 0 Å². The van der Waals surface area contributed by atoms with Crippen LogP contribution in [-0.4, -0.2) is 68.0 Å². The standard InChI is InChI=1S/C23H30N2O4/c1-24(2)12-7-13-25-20(15-8-5-4-6-9-15)19-21(26)17-11-10-16(28-3)14-18(17)29-22(19)23(25)27/h4-6,8-9,16-18,20H,7,10-14H2,1-3H3. The highest BCUT2D eigenvalue weighted by Gasteiger charge is 2.52. The van der Waals surface area contributed by atoms with Crippen molar-refractivity contribution in [2.24, 2.45) is 5.92 Å². The third kappa shape index (κ3) is 3.71. The maximum Gasteiger partial charge on any atom is 0.290 e. The average Bonchev–Trinajstić information content (AvgIpc) is 3.00. The number of hydrogen-bond acceptors (Lipinski definition) is 5. The molecule has 4 rings (SSSR count). The summed E-state index contributed by atoms with van der Waals surface area (Å²) in [6.07, 6.45) is 2.93. The third-order valence-corrected chi connectivity index (χ3v) is 6.35. The van der Waals surface area contributed by atoms with E-state index in [-0.39, 0.29) is 41.6 Å². The molecule has 0 spiro atoms.